The van der Waals surface area contributed by atoms with Crippen LogP contribution in [0.2, 0.25) is 0 Å². The molecule has 1 unspecified atom stereocenters. The van der Waals surface area contributed by atoms with E-state index in [2.05, 4.69) is 4.74 Å². The molecule has 13 heavy (non-hydrogen) atoms. The van der Waals surface area contributed by atoms with E-state index in [0.717, 1.165) is 0 Å². The van der Waals surface area contributed by atoms with E-state index in [9.17, 15) is 13.2 Å². The van der Waals surface area contributed by atoms with E-state index in [-0.39, 0.29) is 12.2 Å². The average molecular weight is 208 g/mol. The highest BCUT2D eigenvalue weighted by molar-refractivity contribution is 7.92. The van der Waals surface area contributed by atoms with E-state index in [1.165, 1.54) is 14.0 Å². The highest BCUT2D eigenvalue weighted by Gasteiger charge is 2.22. The van der Waals surface area contributed by atoms with Crippen LogP contribution in [0, 0.1) is 0 Å². The third-order valence-corrected chi connectivity index (χ3v) is 4.15. The lowest BCUT2D eigenvalue weighted by Gasteiger charge is -2.10. The summed E-state index contributed by atoms with van der Waals surface area (Å²) >= 11 is 0. The molecule has 4 nitrogen and oxygen atoms in total. The third-order valence-electron chi connectivity index (χ3n) is 1.78. The molecular weight excluding hydrogens is 192 g/mol. The maximum Gasteiger partial charge on any atom is 0.306 e. The number of hydrogen-bond acceptors (Lipinski definition) is 4. The van der Waals surface area contributed by atoms with Gasteiger partial charge in [-0.3, -0.25) is 4.79 Å². The number of carbonyl (C=O) groups excluding carboxylic acids is 1. The molecule has 0 aromatic carbocycles. The van der Waals surface area contributed by atoms with Crippen molar-refractivity contribution in [2.75, 3.05) is 12.9 Å². The van der Waals surface area contributed by atoms with Crippen LogP contribution in [0.25, 0.3) is 0 Å². The molecule has 0 radical (unpaired) electrons. The standard InChI is InChI=1S/C8H16O4S/c1-4-5-13(10,11)7(2)6-8(9)12-3/h7H,4-6H2,1-3H3. The molecule has 1 atom stereocenters. The lowest BCUT2D eigenvalue weighted by Crippen LogP contribution is -2.24. The number of hydrogen-bond donors (Lipinski definition) is 0. The molecule has 78 valence electrons. The van der Waals surface area contributed by atoms with Gasteiger partial charge in [0.05, 0.1) is 24.5 Å². The number of methoxy groups -OCH3 is 1. The average Bonchev–Trinajstić information content (AvgIpc) is 2.04. The fourth-order valence-corrected chi connectivity index (χ4v) is 2.29. The fourth-order valence-electron chi connectivity index (χ4n) is 0.931. The van der Waals surface area contributed by atoms with E-state index in [1.54, 1.807) is 6.92 Å². The first kappa shape index (κ1) is 12.4. The zero-order chi connectivity index (χ0) is 10.5. The molecule has 0 aromatic heterocycles. The Hall–Kier alpha value is -0.580. The van der Waals surface area contributed by atoms with E-state index in [1.807, 2.05) is 0 Å². The maximum atomic E-state index is 11.4. The summed E-state index contributed by atoms with van der Waals surface area (Å²) in [6, 6.07) is 0. The van der Waals surface area contributed by atoms with Crippen molar-refractivity contribution < 1.29 is 17.9 Å². The molecule has 0 aromatic rings. The minimum Gasteiger partial charge on any atom is -0.469 e. The number of sulfone groups is 1. The lowest BCUT2D eigenvalue weighted by molar-refractivity contribution is -0.140. The Morgan fingerprint density at radius 3 is 2.38 bits per heavy atom. The maximum absolute atomic E-state index is 11.4. The summed E-state index contributed by atoms with van der Waals surface area (Å²) in [7, 11) is -1.86. The van der Waals surface area contributed by atoms with Crippen molar-refractivity contribution in [1.82, 2.24) is 0 Å². The zero-order valence-electron chi connectivity index (χ0n) is 8.24. The topological polar surface area (TPSA) is 60.4 Å². The molecule has 0 heterocycles. The van der Waals surface area contributed by atoms with Crippen LogP contribution < -0.4 is 0 Å². The van der Waals surface area contributed by atoms with Crippen LogP contribution in [0.5, 0.6) is 0 Å². The lowest BCUT2D eigenvalue weighted by atomic mass is 10.3. The van der Waals surface area contributed by atoms with Gasteiger partial charge in [0.25, 0.3) is 0 Å². The molecule has 0 saturated carbocycles. The molecule has 0 aliphatic carbocycles. The van der Waals surface area contributed by atoms with Crippen molar-refractivity contribution in [3.63, 3.8) is 0 Å². The molecule has 0 rings (SSSR count). The highest BCUT2D eigenvalue weighted by atomic mass is 32.2. The van der Waals surface area contributed by atoms with E-state index in [0.29, 0.717) is 6.42 Å². The zero-order valence-corrected chi connectivity index (χ0v) is 9.06. The molecule has 0 aliphatic rings. The van der Waals surface area contributed by atoms with Crippen molar-refractivity contribution in [3.05, 3.63) is 0 Å². The Morgan fingerprint density at radius 1 is 1.46 bits per heavy atom. The molecule has 0 amide bonds. The number of rotatable bonds is 5. The van der Waals surface area contributed by atoms with Crippen molar-refractivity contribution in [3.8, 4) is 0 Å². The summed E-state index contributed by atoms with van der Waals surface area (Å²) < 4.78 is 27.1. The summed E-state index contributed by atoms with van der Waals surface area (Å²) in [5.41, 5.74) is 0. The second-order valence-corrected chi connectivity index (χ2v) is 5.50. The van der Waals surface area contributed by atoms with Crippen LogP contribution in [0.15, 0.2) is 0 Å². The number of esters is 1. The van der Waals surface area contributed by atoms with Gasteiger partial charge in [0.15, 0.2) is 9.84 Å². The Balaban J connectivity index is 4.25. The van der Waals surface area contributed by atoms with E-state index < -0.39 is 21.1 Å². The number of ether oxygens (including phenoxy) is 1. The van der Waals surface area contributed by atoms with E-state index >= 15 is 0 Å². The van der Waals surface area contributed by atoms with Gasteiger partial charge in [-0.15, -0.1) is 0 Å². The highest BCUT2D eigenvalue weighted by Crippen LogP contribution is 2.08. The summed E-state index contributed by atoms with van der Waals surface area (Å²) in [5.74, 6) is -0.349. The van der Waals surface area contributed by atoms with Crippen LogP contribution in [0.4, 0.5) is 0 Å². The normalized spacial score (nSPS) is 13.8. The SMILES string of the molecule is CCCS(=O)(=O)C(C)CC(=O)OC. The van der Waals surface area contributed by atoms with Crippen molar-refractivity contribution in [2.45, 2.75) is 31.9 Å². The summed E-state index contributed by atoms with van der Waals surface area (Å²) in [4.78, 5) is 10.8. The van der Waals surface area contributed by atoms with Crippen molar-refractivity contribution in [1.29, 1.82) is 0 Å². The largest absolute Gasteiger partial charge is 0.469 e. The van der Waals surface area contributed by atoms with Gasteiger partial charge in [-0.1, -0.05) is 6.92 Å². The third kappa shape index (κ3) is 4.26. The van der Waals surface area contributed by atoms with Crippen molar-refractivity contribution in [2.24, 2.45) is 0 Å². The predicted octanol–water partition coefficient (Wildman–Crippen LogP) is 0.763. The van der Waals surface area contributed by atoms with Gasteiger partial charge in [-0.25, -0.2) is 8.42 Å². The smallest absolute Gasteiger partial charge is 0.306 e. The van der Waals surface area contributed by atoms with Crippen molar-refractivity contribution >= 4 is 15.8 Å². The minimum absolute atomic E-state index is 0.0567. The first-order valence-corrected chi connectivity index (χ1v) is 5.94. The summed E-state index contributed by atoms with van der Waals surface area (Å²) in [5, 5.41) is -0.639. The van der Waals surface area contributed by atoms with Gasteiger partial charge in [0.2, 0.25) is 0 Å². The molecular formula is C8H16O4S. The minimum atomic E-state index is -3.12. The number of carbonyl (C=O) groups is 1. The van der Waals surface area contributed by atoms with Gasteiger partial charge in [-0.05, 0) is 13.3 Å². The predicted molar refractivity (Wildman–Crippen MR) is 50.2 cm³/mol. The molecule has 0 bridgehead atoms. The second kappa shape index (κ2) is 5.21. The van der Waals surface area contributed by atoms with Gasteiger partial charge >= 0.3 is 5.97 Å². The Kier molecular flexibility index (Phi) is 4.98. The van der Waals surface area contributed by atoms with Gasteiger partial charge in [0.1, 0.15) is 0 Å². The molecule has 0 fully saturated rings. The van der Waals surface area contributed by atoms with Gasteiger partial charge in [0, 0.05) is 0 Å². The molecule has 0 N–H and O–H groups in total. The molecule has 0 aliphatic heterocycles. The Bertz CT molecular complexity index is 255. The van der Waals surface area contributed by atoms with Gasteiger partial charge < -0.3 is 4.74 Å². The Morgan fingerprint density at radius 2 is 2.00 bits per heavy atom. The molecule has 0 spiro atoms. The summed E-state index contributed by atoms with van der Waals surface area (Å²) in [6.07, 6.45) is 0.521. The van der Waals surface area contributed by atoms with Crippen LogP contribution in [-0.2, 0) is 19.4 Å². The first-order valence-electron chi connectivity index (χ1n) is 4.22. The van der Waals surface area contributed by atoms with Gasteiger partial charge in [-0.2, -0.15) is 0 Å². The quantitative estimate of drug-likeness (QED) is 0.626. The first-order chi connectivity index (χ1) is 5.94. The van der Waals surface area contributed by atoms with Crippen LogP contribution in [-0.4, -0.2) is 32.5 Å². The fraction of sp³-hybridized carbons (Fsp3) is 0.875. The molecule has 0 saturated heterocycles. The van der Waals surface area contributed by atoms with E-state index in [4.69, 9.17) is 0 Å². The summed E-state index contributed by atoms with van der Waals surface area (Å²) in [6.45, 7) is 3.32. The Labute approximate surface area is 79.2 Å². The monoisotopic (exact) mass is 208 g/mol. The van der Waals surface area contributed by atoms with Crippen LogP contribution >= 0.6 is 0 Å². The van der Waals surface area contributed by atoms with Crippen LogP contribution in [0.3, 0.4) is 0 Å². The molecule has 5 heteroatoms. The van der Waals surface area contributed by atoms with Crippen LogP contribution in [0.1, 0.15) is 26.7 Å². The second-order valence-electron chi connectivity index (χ2n) is 2.96.